The number of hydrazine groups is 1. The van der Waals surface area contributed by atoms with Crippen molar-refractivity contribution < 1.29 is 28.0 Å². The standard InChI is InChI=1S/C32H26N4O6/c1-17-7-3-9-19(15-17)33-29(37)23-25(21-11-5-13-41-21)36-28-24(26(22-12-6-14-42-22)35(36)27(23)31(33)39)30(38)34(32(28)40)20-10-4-8-18(2)16-20/h3-16,23-28H,1-2H3/t23-,24-,25-,26+,27+,28+/m0/s1. The zero-order chi connectivity index (χ0) is 28.9. The van der Waals surface area contributed by atoms with Gasteiger partial charge in [-0.3, -0.25) is 19.2 Å². The number of anilines is 2. The normalized spacial score (nSPS) is 29.1. The number of carbonyl (C=O) groups excluding carboxylic acids is 4. The van der Waals surface area contributed by atoms with Crippen LogP contribution in [0.2, 0.25) is 0 Å². The van der Waals surface area contributed by atoms with Crippen molar-refractivity contribution in [1.82, 2.24) is 10.0 Å². The van der Waals surface area contributed by atoms with Gasteiger partial charge < -0.3 is 8.83 Å². The Morgan fingerprint density at radius 3 is 1.31 bits per heavy atom. The molecule has 10 nitrogen and oxygen atoms in total. The lowest BCUT2D eigenvalue weighted by atomic mass is 9.87. The topological polar surface area (TPSA) is 108 Å². The van der Waals surface area contributed by atoms with Crippen molar-refractivity contribution in [1.29, 1.82) is 0 Å². The molecule has 0 radical (unpaired) electrons. The molecule has 4 aliphatic heterocycles. The molecule has 10 heteroatoms. The Labute approximate surface area is 240 Å². The van der Waals surface area contributed by atoms with E-state index in [1.165, 1.54) is 22.3 Å². The van der Waals surface area contributed by atoms with E-state index in [0.717, 1.165) is 11.1 Å². The first kappa shape index (κ1) is 25.0. The molecular formula is C32H26N4O6. The van der Waals surface area contributed by atoms with Crippen molar-refractivity contribution in [2.24, 2.45) is 11.8 Å². The van der Waals surface area contributed by atoms with E-state index in [0.29, 0.717) is 22.9 Å². The van der Waals surface area contributed by atoms with Crippen molar-refractivity contribution >= 4 is 35.0 Å². The van der Waals surface area contributed by atoms with E-state index in [9.17, 15) is 19.2 Å². The highest BCUT2D eigenvalue weighted by atomic mass is 16.3. The summed E-state index contributed by atoms with van der Waals surface area (Å²) >= 11 is 0. The number of carbonyl (C=O) groups is 4. The van der Waals surface area contributed by atoms with Crippen LogP contribution in [-0.4, -0.2) is 45.7 Å². The second kappa shape index (κ2) is 8.85. The fourth-order valence-corrected chi connectivity index (χ4v) is 7.35. The monoisotopic (exact) mass is 562 g/mol. The zero-order valence-corrected chi connectivity index (χ0v) is 22.8. The summed E-state index contributed by atoms with van der Waals surface area (Å²) in [6.45, 7) is 3.79. The van der Waals surface area contributed by atoms with Gasteiger partial charge in [0, 0.05) is 0 Å². The van der Waals surface area contributed by atoms with Gasteiger partial charge in [0.25, 0.3) is 11.8 Å². The third-order valence-corrected chi connectivity index (χ3v) is 8.91. The molecule has 6 heterocycles. The Morgan fingerprint density at radius 2 is 0.952 bits per heavy atom. The van der Waals surface area contributed by atoms with Crippen molar-refractivity contribution in [3.63, 3.8) is 0 Å². The number of furan rings is 2. The van der Waals surface area contributed by atoms with Gasteiger partial charge in [-0.05, 0) is 73.5 Å². The number of hydrogen-bond donors (Lipinski definition) is 0. The molecule has 4 saturated heterocycles. The van der Waals surface area contributed by atoms with Gasteiger partial charge in [0.05, 0.1) is 47.8 Å². The second-order valence-electron chi connectivity index (χ2n) is 11.3. The van der Waals surface area contributed by atoms with Gasteiger partial charge in [-0.2, -0.15) is 0 Å². The maximum absolute atomic E-state index is 14.3. The van der Waals surface area contributed by atoms with Crippen molar-refractivity contribution in [2.45, 2.75) is 38.0 Å². The summed E-state index contributed by atoms with van der Waals surface area (Å²) < 4.78 is 11.7. The molecular weight excluding hydrogens is 536 g/mol. The van der Waals surface area contributed by atoms with Crippen LogP contribution in [0.15, 0.2) is 94.2 Å². The van der Waals surface area contributed by atoms with E-state index < -0.39 is 47.8 Å². The SMILES string of the molecule is Cc1cccc(N2C(=O)[C@@H]3[C@H](C2=O)N2[C@H](c4ccco4)[C@@H]4C(=O)N(c5cccc(C)c5)C(=O)[C@@H]4N2[C@H]3c2ccco2)c1. The van der Waals surface area contributed by atoms with Crippen LogP contribution in [0.5, 0.6) is 0 Å². The number of nitrogens with zero attached hydrogens (tertiary/aromatic N) is 4. The molecule has 2 aromatic heterocycles. The smallest absolute Gasteiger partial charge is 0.253 e. The van der Waals surface area contributed by atoms with Crippen LogP contribution in [0.25, 0.3) is 0 Å². The highest BCUT2D eigenvalue weighted by Crippen LogP contribution is 2.59. The van der Waals surface area contributed by atoms with Gasteiger partial charge in [-0.1, -0.05) is 24.3 Å². The lowest BCUT2D eigenvalue weighted by molar-refractivity contribution is -0.136. The number of imide groups is 2. The summed E-state index contributed by atoms with van der Waals surface area (Å²) in [7, 11) is 0. The Morgan fingerprint density at radius 1 is 0.524 bits per heavy atom. The predicted molar refractivity (Wildman–Crippen MR) is 148 cm³/mol. The molecule has 4 aromatic rings. The van der Waals surface area contributed by atoms with Crippen LogP contribution in [0.3, 0.4) is 0 Å². The van der Waals surface area contributed by atoms with E-state index in [1.807, 2.05) is 26.0 Å². The number of rotatable bonds is 4. The lowest BCUT2D eigenvalue weighted by Gasteiger charge is -2.34. The minimum absolute atomic E-state index is 0.381. The van der Waals surface area contributed by atoms with E-state index in [4.69, 9.17) is 8.83 Å². The maximum atomic E-state index is 14.3. The third kappa shape index (κ3) is 3.21. The molecule has 2 aromatic carbocycles. The molecule has 4 aliphatic rings. The van der Waals surface area contributed by atoms with Crippen LogP contribution in [0.4, 0.5) is 11.4 Å². The van der Waals surface area contributed by atoms with E-state index >= 15 is 0 Å². The molecule has 0 saturated carbocycles. The number of amides is 4. The Kier molecular flexibility index (Phi) is 5.26. The van der Waals surface area contributed by atoms with Crippen LogP contribution >= 0.6 is 0 Å². The zero-order valence-electron chi connectivity index (χ0n) is 22.8. The van der Waals surface area contributed by atoms with Gasteiger partial charge in [-0.15, -0.1) is 0 Å². The molecule has 0 unspecified atom stereocenters. The van der Waals surface area contributed by atoms with Crippen LogP contribution in [0, 0.1) is 25.7 Å². The fourth-order valence-electron chi connectivity index (χ4n) is 7.35. The molecule has 0 N–H and O–H groups in total. The average Bonchev–Trinajstić information content (AvgIpc) is 3.79. The summed E-state index contributed by atoms with van der Waals surface area (Å²) in [6, 6.07) is 17.9. The number of hydrogen-bond acceptors (Lipinski definition) is 8. The molecule has 210 valence electrons. The molecule has 4 amide bonds. The molecule has 42 heavy (non-hydrogen) atoms. The minimum Gasteiger partial charge on any atom is -0.468 e. The van der Waals surface area contributed by atoms with E-state index in [-0.39, 0.29) is 11.8 Å². The summed E-state index contributed by atoms with van der Waals surface area (Å²) in [6.07, 6.45) is 3.01. The van der Waals surface area contributed by atoms with Crippen molar-refractivity contribution in [2.75, 3.05) is 9.80 Å². The van der Waals surface area contributed by atoms with Crippen molar-refractivity contribution in [3.05, 3.63) is 108 Å². The predicted octanol–water partition coefficient (Wildman–Crippen LogP) is 3.93. The lowest BCUT2D eigenvalue weighted by Crippen LogP contribution is -2.50. The van der Waals surface area contributed by atoms with Gasteiger partial charge in [0.2, 0.25) is 11.8 Å². The van der Waals surface area contributed by atoms with E-state index in [1.54, 1.807) is 70.7 Å². The highest BCUT2D eigenvalue weighted by molar-refractivity contribution is 6.26. The Balaban J connectivity index is 1.31. The molecule has 4 fully saturated rings. The van der Waals surface area contributed by atoms with Crippen LogP contribution in [0.1, 0.15) is 34.7 Å². The summed E-state index contributed by atoms with van der Waals surface area (Å²) in [4.78, 5) is 59.5. The van der Waals surface area contributed by atoms with Gasteiger partial charge in [0.15, 0.2) is 0 Å². The quantitative estimate of drug-likeness (QED) is 0.345. The molecule has 0 spiro atoms. The highest BCUT2D eigenvalue weighted by Gasteiger charge is 2.74. The average molecular weight is 563 g/mol. The van der Waals surface area contributed by atoms with Gasteiger partial charge >= 0.3 is 0 Å². The van der Waals surface area contributed by atoms with Crippen LogP contribution in [-0.2, 0) is 19.2 Å². The van der Waals surface area contributed by atoms with Gasteiger partial charge in [0.1, 0.15) is 23.6 Å². The Hall–Kier alpha value is -4.80. The third-order valence-electron chi connectivity index (χ3n) is 8.91. The first-order chi connectivity index (χ1) is 20.4. The number of benzene rings is 2. The van der Waals surface area contributed by atoms with Crippen LogP contribution < -0.4 is 9.80 Å². The molecule has 0 bridgehead atoms. The Bertz CT molecular complexity index is 1640. The summed E-state index contributed by atoms with van der Waals surface area (Å²) in [5.74, 6) is -2.47. The molecule has 0 aliphatic carbocycles. The van der Waals surface area contributed by atoms with Gasteiger partial charge in [-0.25, -0.2) is 19.8 Å². The van der Waals surface area contributed by atoms with Crippen molar-refractivity contribution in [3.8, 4) is 0 Å². The first-order valence-corrected chi connectivity index (χ1v) is 13.9. The summed E-state index contributed by atoms with van der Waals surface area (Å²) in [5, 5.41) is 3.51. The molecule has 6 atom stereocenters. The molecule has 8 rings (SSSR count). The minimum atomic E-state index is -0.971. The fraction of sp³-hybridized carbons (Fsp3) is 0.250. The van der Waals surface area contributed by atoms with E-state index in [2.05, 4.69) is 0 Å². The first-order valence-electron chi connectivity index (χ1n) is 13.9. The summed E-state index contributed by atoms with van der Waals surface area (Å²) in [5.41, 5.74) is 2.78. The number of fused-ring (bicyclic) bond motifs is 5. The largest absolute Gasteiger partial charge is 0.468 e. The maximum Gasteiger partial charge on any atom is 0.253 e. The number of aryl methyl sites for hydroxylation is 2. The second-order valence-corrected chi connectivity index (χ2v) is 11.3.